The molecule has 0 amide bonds. The first-order valence-electron chi connectivity index (χ1n) is 40.7. The molecule has 8 aliphatic heterocycles. The van der Waals surface area contributed by atoms with Crippen molar-refractivity contribution in [2.45, 2.75) is 305 Å². The molecule has 8 aliphatic rings. The lowest BCUT2D eigenvalue weighted by Crippen LogP contribution is -2.62. The van der Waals surface area contributed by atoms with Crippen LogP contribution >= 0.6 is 0 Å². The maximum absolute atomic E-state index is 12.9. The van der Waals surface area contributed by atoms with E-state index in [1.54, 1.807) is 54.1 Å². The van der Waals surface area contributed by atoms with E-state index in [0.29, 0.717) is 52.2 Å². The van der Waals surface area contributed by atoms with E-state index in [2.05, 4.69) is 88.9 Å². The van der Waals surface area contributed by atoms with Crippen molar-refractivity contribution in [1.82, 2.24) is 98.2 Å². The number of aromatic amines is 4. The summed E-state index contributed by atoms with van der Waals surface area (Å²) in [4.78, 5) is 130. The molecule has 656 valence electrons. The lowest BCUT2D eigenvalue weighted by atomic mass is 9.93. The van der Waals surface area contributed by atoms with Gasteiger partial charge in [-0.05, 0) is 84.9 Å². The number of nitrogens with one attached hydrogen (secondary N) is 4. The zero-order chi connectivity index (χ0) is 88.0. The Hall–Kier alpha value is -8.41. The minimum absolute atomic E-state index is 0.0230. The fraction of sp³-hybridized carbons (Fsp3) is 0.676. The number of rotatable bonds is 24. The van der Waals surface area contributed by atoms with Crippen molar-refractivity contribution in [2.24, 2.45) is 0 Å². The summed E-state index contributed by atoms with van der Waals surface area (Å²) in [5.41, 5.74) is -5.17. The van der Waals surface area contributed by atoms with E-state index < -0.39 is 188 Å². The molecule has 16 rings (SSSR count). The summed E-state index contributed by atoms with van der Waals surface area (Å²) in [6.45, 7) is 41.9. The van der Waals surface area contributed by atoms with E-state index in [1.807, 2.05) is 96.9 Å². The monoisotopic (exact) mass is 1740 g/mol. The highest BCUT2D eigenvalue weighted by molar-refractivity contribution is 6.84. The molecule has 8 aromatic rings. The second-order valence-corrected chi connectivity index (χ2v) is 52.3. The van der Waals surface area contributed by atoms with Crippen LogP contribution < -0.4 is 45.0 Å². The predicted molar refractivity (Wildman–Crippen MR) is 435 cm³/mol. The lowest BCUT2D eigenvalue weighted by Gasteiger charge is -2.48. The molecule has 0 aliphatic carbocycles. The van der Waals surface area contributed by atoms with Crippen LogP contribution in [0.2, 0.25) is 44.3 Å². The third kappa shape index (κ3) is 13.5. The highest BCUT2D eigenvalue weighted by Crippen LogP contribution is 2.63. The zero-order valence-corrected chi connectivity index (χ0v) is 75.4. The number of fused-ring (bicyclic) bond motifs is 20. The van der Waals surface area contributed by atoms with Crippen molar-refractivity contribution in [3.05, 3.63) is 178 Å². The van der Waals surface area contributed by atoms with Gasteiger partial charge in [0.1, 0.15) is 59.8 Å². The van der Waals surface area contributed by atoms with Gasteiger partial charge in [-0.2, -0.15) is 0 Å². The average molecular weight is 1750 g/mol. The summed E-state index contributed by atoms with van der Waals surface area (Å²) in [5, 5.41) is 74.0. The van der Waals surface area contributed by atoms with Crippen molar-refractivity contribution >= 4 is 34.2 Å². The Bertz CT molecular complexity index is 5290. The summed E-state index contributed by atoms with van der Waals surface area (Å²) in [6.07, 6.45) is 6.50. The topological polar surface area (TPSA) is 538 Å². The van der Waals surface area contributed by atoms with E-state index in [0.717, 1.165) is 5.69 Å². The Balaban J connectivity index is 0.000000142. The number of nitrogens with zero attached hydrogens (tertiary/aromatic N) is 16. The van der Waals surface area contributed by atoms with Gasteiger partial charge in [-0.1, -0.05) is 145 Å². The van der Waals surface area contributed by atoms with E-state index in [9.17, 15) is 68.4 Å². The summed E-state index contributed by atoms with van der Waals surface area (Å²) < 4.78 is 65.1. The van der Waals surface area contributed by atoms with E-state index in [4.69, 9.17) is 36.0 Å². The smallest absolute Gasteiger partial charge is 0.335 e. The van der Waals surface area contributed by atoms with Gasteiger partial charge in [0.05, 0.1) is 60.8 Å². The standard InChI is InChI=1S/C25H43N5O6Si2.C24H41N5O7Si2.C13H15N5O4.C12H13N5O5/c1-11-25-19-12-26-28-30(19)20(23(34-25)29-13-18(10)22(31)27-24(29)32)21(25)35-38(16(6)7,17(8)9)36-37(33,14(2)3)15(4)5;1-13(2)37(33,14(3)4)36-38(15(5)6,16(7)8)35-20-19-22(28-11-17(9)21(31)26-23(28)32)34-24(20,12-30)18-10-25-27-29(18)19;1-3-13-7-4-14-16-18(7)8(9(13)19)11(22-13)17-5-6(2)10(20)15-12(17)21;1-5-3-16(11(21)14-9(5)20)10-7-8(19)12(4-18,22-10)6-2-13-15-17(6)7/h12-17,20-21,23,33H,11H2,1-10H3,(H,27,31,32);10-11,13-16,19-20,22,30,33H,12H2,1-9H3,(H,26,31,32);4-5,8-9,11,19H,3H2,1-2H3,(H,15,20,21);2-3,7-8,10,18-19H,4H2,1H3,(H,14,20,21)/t20-,21?,23+,25-;19-,20?,22+,24-;8-,9?,11+,13-;7-,8?,10+,12-/m0000/s1. The van der Waals surface area contributed by atoms with Gasteiger partial charge in [-0.25, -0.2) is 37.9 Å². The highest BCUT2D eigenvalue weighted by Gasteiger charge is 2.72. The molecule has 16 atom stereocenters. The van der Waals surface area contributed by atoms with Crippen LogP contribution in [0.1, 0.15) is 232 Å². The van der Waals surface area contributed by atoms with E-state index >= 15 is 0 Å². The number of aliphatic hydroxyl groups is 4. The molecule has 0 radical (unpaired) electrons. The fourth-order valence-corrected chi connectivity index (χ4v) is 38.7. The molecule has 0 spiro atoms. The predicted octanol–water partition coefficient (Wildman–Crippen LogP) is 3.03. The molecule has 0 saturated carbocycles. The lowest BCUT2D eigenvalue weighted by molar-refractivity contribution is -0.143. The summed E-state index contributed by atoms with van der Waals surface area (Å²) in [7, 11) is -12.8. The quantitative estimate of drug-likeness (QED) is 0.0389. The van der Waals surface area contributed by atoms with Crippen molar-refractivity contribution in [2.75, 3.05) is 13.2 Å². The molecule has 46 heteroatoms. The maximum Gasteiger partial charge on any atom is 0.335 e. The molecular weight excluding hydrogens is 1630 g/mol. The zero-order valence-electron chi connectivity index (χ0n) is 71.4. The summed E-state index contributed by atoms with van der Waals surface area (Å²) >= 11 is 0. The highest BCUT2D eigenvalue weighted by atomic mass is 28.5. The Morgan fingerprint density at radius 2 is 0.625 bits per heavy atom. The van der Waals surface area contributed by atoms with Crippen LogP contribution in [0, 0.1) is 27.7 Å². The van der Waals surface area contributed by atoms with Crippen LogP contribution in [-0.2, 0) is 58.4 Å². The van der Waals surface area contributed by atoms with Crippen molar-refractivity contribution in [3.63, 3.8) is 0 Å². The van der Waals surface area contributed by atoms with Gasteiger partial charge in [0.25, 0.3) is 22.2 Å². The van der Waals surface area contributed by atoms with Crippen molar-refractivity contribution in [3.8, 4) is 0 Å². The molecular formula is C74H112N20O22Si4. The SMILES string of the molecule is CC[C@@]12O[C@@H](n3cc(C)c(=O)[nH]c3=O)[C@H](C1O)n1nncc12.CC[C@@]12O[C@@H](n3cc(C)c(=O)[nH]c3=O)[C@H](C1O[Si](O[Si](O)(C(C)C)C(C)C)(C(C)C)C(C)C)n1nncc12.Cc1cn([C@@H]2O[C@@]3(CO)c4cnnn4[C@H]2C3O)c(=O)[nH]c1=O.Cc1cn([C@@H]2O[C@@]3(CO)c4cnnn4[C@H]2C3O[Si](O[Si](O)(C(C)C)C(C)C)(C(C)C)C(C)C)c(=O)[nH]c1=O. The van der Waals surface area contributed by atoms with Gasteiger partial charge in [0.2, 0.25) is 0 Å². The van der Waals surface area contributed by atoms with Crippen LogP contribution in [0.3, 0.4) is 0 Å². The Kier molecular flexibility index (Phi) is 23.9. The van der Waals surface area contributed by atoms with Gasteiger partial charge in [-0.3, -0.25) is 57.4 Å². The maximum atomic E-state index is 12.9. The van der Waals surface area contributed by atoms with Crippen LogP contribution in [0.25, 0.3) is 0 Å². The molecule has 4 saturated heterocycles. The second-order valence-electron chi connectivity index (χ2n) is 35.1. The molecule has 0 aromatic carbocycles. The number of ether oxygens (including phenoxy) is 4. The fourth-order valence-electron chi connectivity index (χ4n) is 18.8. The number of aryl methyl sites for hydroxylation is 4. The molecule has 42 nitrogen and oxygen atoms in total. The normalized spacial score (nSPS) is 28.0. The van der Waals surface area contributed by atoms with Crippen LogP contribution in [0.15, 0.2) is 87.9 Å². The summed E-state index contributed by atoms with van der Waals surface area (Å²) in [6, 6.07) is -2.46. The molecule has 8 bridgehead atoms. The van der Waals surface area contributed by atoms with Gasteiger partial charge >= 0.3 is 57.0 Å². The number of aliphatic hydroxyl groups excluding tert-OH is 4. The molecule has 4 unspecified atom stereocenters. The van der Waals surface area contributed by atoms with Gasteiger partial charge in [-0.15, -0.1) is 20.4 Å². The minimum atomic E-state index is -3.26. The molecule has 120 heavy (non-hydrogen) atoms. The van der Waals surface area contributed by atoms with E-state index in [-0.39, 0.29) is 44.3 Å². The third-order valence-electron chi connectivity index (χ3n) is 25.8. The van der Waals surface area contributed by atoms with Crippen LogP contribution in [-0.4, -0.2) is 200 Å². The first-order valence-corrected chi connectivity index (χ1v) is 48.7. The molecule has 4 fully saturated rings. The first kappa shape index (κ1) is 89.3. The van der Waals surface area contributed by atoms with Gasteiger partial charge in [0, 0.05) is 47.0 Å². The Morgan fingerprint density at radius 1 is 0.383 bits per heavy atom. The number of hydrogen-bond donors (Lipinski definition) is 10. The first-order chi connectivity index (χ1) is 56.3. The minimum Gasteiger partial charge on any atom is -0.414 e. The van der Waals surface area contributed by atoms with E-state index in [1.165, 1.54) is 60.1 Å². The molecule has 10 N–H and O–H groups in total. The van der Waals surface area contributed by atoms with Gasteiger partial charge in [0.15, 0.2) is 36.1 Å². The average Bonchev–Trinajstić information content (AvgIpc) is 1.53. The second kappa shape index (κ2) is 32.0. The van der Waals surface area contributed by atoms with Crippen molar-refractivity contribution in [1.29, 1.82) is 0 Å². The number of hydrogen-bond acceptors (Lipinski definition) is 30. The largest absolute Gasteiger partial charge is 0.414 e. The third-order valence-corrected chi connectivity index (χ3v) is 45.3. The van der Waals surface area contributed by atoms with Gasteiger partial charge < -0.3 is 66.0 Å². The molecule has 8 aromatic heterocycles. The Morgan fingerprint density at radius 3 is 0.917 bits per heavy atom. The number of H-pyrrole nitrogens is 4. The van der Waals surface area contributed by atoms with Crippen LogP contribution in [0.4, 0.5) is 0 Å². The van der Waals surface area contributed by atoms with Crippen LogP contribution in [0.5, 0.6) is 0 Å². The summed E-state index contributed by atoms with van der Waals surface area (Å²) in [5.74, 6) is 0. The van der Waals surface area contributed by atoms with Crippen molar-refractivity contribution < 1.29 is 66.0 Å². The Labute approximate surface area is 691 Å². The number of aromatic nitrogens is 20. The molecule has 16 heterocycles.